The lowest BCUT2D eigenvalue weighted by Gasteiger charge is -2.37. The number of aryl methyl sites for hydroxylation is 1. The number of carbonyl (C=O) groups excluding carboxylic acids is 1. The van der Waals surface area contributed by atoms with E-state index in [1.807, 2.05) is 0 Å². The lowest BCUT2D eigenvalue weighted by Crippen LogP contribution is -2.42. The molecule has 28 heavy (non-hydrogen) atoms. The molecule has 2 aliphatic carbocycles. The summed E-state index contributed by atoms with van der Waals surface area (Å²) in [7, 11) is 0. The van der Waals surface area contributed by atoms with E-state index in [4.69, 9.17) is 9.26 Å². The van der Waals surface area contributed by atoms with Crippen LogP contribution in [-0.2, 0) is 11.1 Å². The standard InChI is InChI=1S/C20H26N4O4/c1-12-21-18(24-28-12)19(2,3)23-16(25)15-8-7-14(20(26)9-4-10-20)17(22-15)27-11-13-5-6-13/h7-8,13,26H,4-6,9-11H2,1-3H3,(H,23,25). The van der Waals surface area contributed by atoms with Gasteiger partial charge < -0.3 is 19.7 Å². The minimum atomic E-state index is -0.900. The molecule has 0 unspecified atom stereocenters. The highest BCUT2D eigenvalue weighted by molar-refractivity contribution is 5.93. The van der Waals surface area contributed by atoms with Gasteiger partial charge in [0.2, 0.25) is 11.8 Å². The van der Waals surface area contributed by atoms with Gasteiger partial charge in [0, 0.05) is 12.5 Å². The largest absolute Gasteiger partial charge is 0.477 e. The van der Waals surface area contributed by atoms with Crippen molar-refractivity contribution < 1.29 is 19.2 Å². The maximum absolute atomic E-state index is 12.8. The van der Waals surface area contributed by atoms with Crippen LogP contribution in [0.3, 0.4) is 0 Å². The van der Waals surface area contributed by atoms with Crippen LogP contribution in [-0.4, -0.2) is 32.7 Å². The van der Waals surface area contributed by atoms with E-state index in [-0.39, 0.29) is 11.6 Å². The maximum Gasteiger partial charge on any atom is 0.270 e. The molecule has 0 bridgehead atoms. The molecule has 0 radical (unpaired) electrons. The molecule has 2 N–H and O–H groups in total. The van der Waals surface area contributed by atoms with Crippen LogP contribution < -0.4 is 10.1 Å². The molecule has 0 aromatic carbocycles. The van der Waals surface area contributed by atoms with Crippen molar-refractivity contribution in [1.29, 1.82) is 0 Å². The first-order valence-electron chi connectivity index (χ1n) is 9.77. The van der Waals surface area contributed by atoms with Crippen LogP contribution in [0.15, 0.2) is 16.7 Å². The average molecular weight is 386 g/mol. The SMILES string of the molecule is Cc1nc(C(C)(C)NC(=O)c2ccc(C3(O)CCC3)c(OCC3CC3)n2)no1. The highest BCUT2D eigenvalue weighted by atomic mass is 16.5. The molecule has 0 saturated heterocycles. The molecule has 0 spiro atoms. The molecule has 0 atom stereocenters. The predicted molar refractivity (Wildman–Crippen MR) is 99.7 cm³/mol. The first-order chi connectivity index (χ1) is 13.3. The second-order valence-corrected chi connectivity index (χ2v) is 8.40. The predicted octanol–water partition coefficient (Wildman–Crippen LogP) is 2.60. The molecule has 8 nitrogen and oxygen atoms in total. The second kappa shape index (κ2) is 6.84. The van der Waals surface area contributed by atoms with Gasteiger partial charge in [0.05, 0.1) is 17.7 Å². The van der Waals surface area contributed by atoms with Crippen molar-refractivity contribution in [3.05, 3.63) is 35.1 Å². The Balaban J connectivity index is 1.56. The number of aromatic nitrogens is 3. The van der Waals surface area contributed by atoms with Crippen molar-refractivity contribution in [2.45, 2.75) is 64.0 Å². The van der Waals surface area contributed by atoms with Crippen LogP contribution in [0.1, 0.15) is 73.7 Å². The number of nitrogens with zero attached hydrogens (tertiary/aromatic N) is 3. The fourth-order valence-electron chi connectivity index (χ4n) is 3.25. The summed E-state index contributed by atoms with van der Waals surface area (Å²) in [6, 6.07) is 3.39. The molecule has 2 saturated carbocycles. The van der Waals surface area contributed by atoms with Crippen LogP contribution in [0.2, 0.25) is 0 Å². The zero-order valence-corrected chi connectivity index (χ0v) is 16.5. The third kappa shape index (κ3) is 3.73. The Bertz CT molecular complexity index is 884. The number of pyridine rings is 1. The van der Waals surface area contributed by atoms with E-state index >= 15 is 0 Å². The maximum atomic E-state index is 12.8. The Morgan fingerprint density at radius 3 is 2.68 bits per heavy atom. The summed E-state index contributed by atoms with van der Waals surface area (Å²) in [5, 5.41) is 17.5. The van der Waals surface area contributed by atoms with Crippen LogP contribution in [0, 0.1) is 12.8 Å². The van der Waals surface area contributed by atoms with Gasteiger partial charge in [-0.2, -0.15) is 4.98 Å². The lowest BCUT2D eigenvalue weighted by atomic mass is 9.75. The lowest BCUT2D eigenvalue weighted by molar-refractivity contribution is -0.0414. The van der Waals surface area contributed by atoms with E-state index in [1.165, 1.54) is 0 Å². The number of ether oxygens (including phenoxy) is 1. The van der Waals surface area contributed by atoms with Crippen LogP contribution >= 0.6 is 0 Å². The summed E-state index contributed by atoms with van der Waals surface area (Å²) < 4.78 is 10.9. The highest BCUT2D eigenvalue weighted by Crippen LogP contribution is 2.44. The quantitative estimate of drug-likeness (QED) is 0.752. The van der Waals surface area contributed by atoms with Crippen LogP contribution in [0.4, 0.5) is 0 Å². The van der Waals surface area contributed by atoms with Crippen molar-refractivity contribution >= 4 is 5.91 Å². The summed E-state index contributed by atoms with van der Waals surface area (Å²) in [5.41, 5.74) is -0.826. The second-order valence-electron chi connectivity index (χ2n) is 8.40. The summed E-state index contributed by atoms with van der Waals surface area (Å²) >= 11 is 0. The normalized spacial score (nSPS) is 18.4. The molecule has 2 aromatic rings. The van der Waals surface area contributed by atoms with Crippen molar-refractivity contribution in [1.82, 2.24) is 20.4 Å². The molecule has 2 aromatic heterocycles. The van der Waals surface area contributed by atoms with Crippen molar-refractivity contribution in [2.24, 2.45) is 5.92 Å². The zero-order chi connectivity index (χ0) is 19.9. The number of hydrogen-bond acceptors (Lipinski definition) is 7. The van der Waals surface area contributed by atoms with Gasteiger partial charge in [0.15, 0.2) is 5.82 Å². The van der Waals surface area contributed by atoms with Crippen molar-refractivity contribution in [3.63, 3.8) is 0 Å². The topological polar surface area (TPSA) is 110 Å². The van der Waals surface area contributed by atoms with Gasteiger partial charge in [-0.15, -0.1) is 0 Å². The minimum absolute atomic E-state index is 0.228. The third-order valence-electron chi connectivity index (χ3n) is 5.44. The Kier molecular flexibility index (Phi) is 4.61. The number of carbonyl (C=O) groups is 1. The molecule has 2 aliphatic rings. The molecule has 0 aliphatic heterocycles. The summed E-state index contributed by atoms with van der Waals surface area (Å²) in [4.78, 5) is 21.5. The molecule has 1 amide bonds. The fraction of sp³-hybridized carbons (Fsp3) is 0.600. The molecule has 2 heterocycles. The van der Waals surface area contributed by atoms with E-state index in [1.54, 1.807) is 32.9 Å². The number of rotatable bonds is 7. The molecule has 2 fully saturated rings. The molecule has 4 rings (SSSR count). The van der Waals surface area contributed by atoms with Gasteiger partial charge in [0.25, 0.3) is 5.91 Å². The van der Waals surface area contributed by atoms with Gasteiger partial charge in [-0.3, -0.25) is 4.79 Å². The van der Waals surface area contributed by atoms with E-state index in [2.05, 4.69) is 20.4 Å². The first-order valence-corrected chi connectivity index (χ1v) is 9.77. The third-order valence-corrected chi connectivity index (χ3v) is 5.44. The summed E-state index contributed by atoms with van der Waals surface area (Å²) in [6.07, 6.45) is 4.64. The van der Waals surface area contributed by atoms with Crippen molar-refractivity contribution in [3.8, 4) is 5.88 Å². The molecule has 8 heteroatoms. The summed E-state index contributed by atoms with van der Waals surface area (Å²) in [6.45, 7) is 5.86. The average Bonchev–Trinajstić information content (AvgIpc) is 3.35. The fourth-order valence-corrected chi connectivity index (χ4v) is 3.25. The van der Waals surface area contributed by atoms with Gasteiger partial charge in [-0.25, -0.2) is 4.98 Å². The van der Waals surface area contributed by atoms with E-state index in [9.17, 15) is 9.90 Å². The van der Waals surface area contributed by atoms with E-state index in [0.717, 1.165) is 19.3 Å². The Morgan fingerprint density at radius 1 is 1.36 bits per heavy atom. The van der Waals surface area contributed by atoms with Gasteiger partial charge in [-0.05, 0) is 64.0 Å². The van der Waals surface area contributed by atoms with Crippen LogP contribution in [0.25, 0.3) is 0 Å². The Morgan fingerprint density at radius 2 is 2.11 bits per heavy atom. The number of aliphatic hydroxyl groups is 1. The summed E-state index contributed by atoms with van der Waals surface area (Å²) in [5.74, 6) is 1.36. The number of hydrogen-bond donors (Lipinski definition) is 2. The molecular weight excluding hydrogens is 360 g/mol. The van der Waals surface area contributed by atoms with Crippen LogP contribution in [0.5, 0.6) is 5.88 Å². The Hall–Kier alpha value is -2.48. The Labute approximate surface area is 163 Å². The molecular formula is C20H26N4O4. The smallest absolute Gasteiger partial charge is 0.270 e. The molecule has 150 valence electrons. The van der Waals surface area contributed by atoms with Crippen molar-refractivity contribution in [2.75, 3.05) is 6.61 Å². The number of nitrogens with one attached hydrogen (secondary N) is 1. The van der Waals surface area contributed by atoms with Gasteiger partial charge in [-0.1, -0.05) is 5.16 Å². The van der Waals surface area contributed by atoms with Gasteiger partial charge in [0.1, 0.15) is 5.69 Å². The highest BCUT2D eigenvalue weighted by Gasteiger charge is 2.40. The van der Waals surface area contributed by atoms with E-state index < -0.39 is 11.1 Å². The first kappa shape index (κ1) is 18.9. The zero-order valence-electron chi connectivity index (χ0n) is 16.5. The monoisotopic (exact) mass is 386 g/mol. The number of amides is 1. The van der Waals surface area contributed by atoms with E-state index in [0.29, 0.717) is 48.5 Å². The van der Waals surface area contributed by atoms with Gasteiger partial charge >= 0.3 is 0 Å². The minimum Gasteiger partial charge on any atom is -0.477 e.